The minimum absolute atomic E-state index is 0.240. The largest absolute Gasteiger partial charge is 0.468 e. The Kier molecular flexibility index (Phi) is 5.07. The lowest BCUT2D eigenvalue weighted by Gasteiger charge is -2.07. The molecule has 3 aromatic rings. The van der Waals surface area contributed by atoms with E-state index in [4.69, 9.17) is 4.42 Å². The number of carbonyl (C=O) groups excluding carboxylic acids is 2. The van der Waals surface area contributed by atoms with Crippen molar-refractivity contribution in [2.45, 2.75) is 0 Å². The molecule has 2 aromatic carbocycles. The van der Waals surface area contributed by atoms with E-state index in [0.717, 1.165) is 0 Å². The Balaban J connectivity index is 1.87. The van der Waals surface area contributed by atoms with Crippen LogP contribution in [-0.2, 0) is 9.53 Å². The normalized spacial score (nSPS) is 10.4. The standard InChI is InChI=1S/C19H15FN2O4/c1-25-17(23)11-21-18(24)14-4-2-3-5-15(14)19-22-10-16(26-19)12-6-8-13(20)9-7-12/h2-10H,11H2,1H3,(H,21,24). The fourth-order valence-corrected chi connectivity index (χ4v) is 2.33. The topological polar surface area (TPSA) is 81.4 Å². The van der Waals surface area contributed by atoms with E-state index in [1.807, 2.05) is 0 Å². The van der Waals surface area contributed by atoms with Gasteiger partial charge in [-0.15, -0.1) is 0 Å². The van der Waals surface area contributed by atoms with E-state index in [-0.39, 0.29) is 18.3 Å². The van der Waals surface area contributed by atoms with Crippen molar-refractivity contribution in [3.05, 3.63) is 66.1 Å². The van der Waals surface area contributed by atoms with Crippen molar-refractivity contribution in [2.75, 3.05) is 13.7 Å². The third-order valence-electron chi connectivity index (χ3n) is 3.66. The lowest BCUT2D eigenvalue weighted by atomic mass is 10.1. The number of carbonyl (C=O) groups is 2. The number of rotatable bonds is 5. The highest BCUT2D eigenvalue weighted by Crippen LogP contribution is 2.28. The van der Waals surface area contributed by atoms with E-state index in [1.54, 1.807) is 36.4 Å². The van der Waals surface area contributed by atoms with Crippen LogP contribution in [0.15, 0.2) is 59.1 Å². The number of benzene rings is 2. The zero-order valence-corrected chi connectivity index (χ0v) is 13.9. The molecule has 7 heteroatoms. The number of nitrogens with zero attached hydrogens (tertiary/aromatic N) is 1. The smallest absolute Gasteiger partial charge is 0.325 e. The van der Waals surface area contributed by atoms with Gasteiger partial charge in [0.15, 0.2) is 5.76 Å². The summed E-state index contributed by atoms with van der Waals surface area (Å²) in [5, 5.41) is 2.48. The molecule has 26 heavy (non-hydrogen) atoms. The van der Waals surface area contributed by atoms with Crippen LogP contribution in [0.1, 0.15) is 10.4 Å². The highest BCUT2D eigenvalue weighted by Gasteiger charge is 2.17. The Bertz CT molecular complexity index is 935. The molecule has 0 saturated carbocycles. The van der Waals surface area contributed by atoms with Gasteiger partial charge in [0.05, 0.1) is 18.9 Å². The summed E-state index contributed by atoms with van der Waals surface area (Å²) in [6.07, 6.45) is 1.51. The molecule has 3 rings (SSSR count). The molecule has 1 heterocycles. The predicted molar refractivity (Wildman–Crippen MR) is 91.7 cm³/mol. The summed E-state index contributed by atoms with van der Waals surface area (Å²) in [7, 11) is 1.24. The Morgan fingerprint density at radius 2 is 1.88 bits per heavy atom. The quantitative estimate of drug-likeness (QED) is 0.712. The Labute approximate surface area is 148 Å². The zero-order chi connectivity index (χ0) is 18.5. The van der Waals surface area contributed by atoms with Crippen molar-refractivity contribution in [3.8, 4) is 22.8 Å². The minimum Gasteiger partial charge on any atom is -0.468 e. The number of amides is 1. The second-order valence-electron chi connectivity index (χ2n) is 5.34. The highest BCUT2D eigenvalue weighted by atomic mass is 19.1. The molecule has 0 aliphatic carbocycles. The maximum Gasteiger partial charge on any atom is 0.325 e. The van der Waals surface area contributed by atoms with Crippen molar-refractivity contribution in [3.63, 3.8) is 0 Å². The zero-order valence-electron chi connectivity index (χ0n) is 13.9. The first-order valence-corrected chi connectivity index (χ1v) is 7.74. The Hall–Kier alpha value is -3.48. The molecule has 0 spiro atoms. The van der Waals surface area contributed by atoms with Gasteiger partial charge in [0.1, 0.15) is 12.4 Å². The average molecular weight is 354 g/mol. The fraction of sp³-hybridized carbons (Fsp3) is 0.105. The fourth-order valence-electron chi connectivity index (χ4n) is 2.33. The van der Waals surface area contributed by atoms with Crippen LogP contribution in [0, 0.1) is 5.82 Å². The number of nitrogens with one attached hydrogen (secondary N) is 1. The van der Waals surface area contributed by atoms with Gasteiger partial charge in [-0.2, -0.15) is 0 Å². The molecular weight excluding hydrogens is 339 g/mol. The summed E-state index contributed by atoms with van der Waals surface area (Å²) < 4.78 is 23.3. The number of esters is 1. The third-order valence-corrected chi connectivity index (χ3v) is 3.66. The van der Waals surface area contributed by atoms with E-state index >= 15 is 0 Å². The van der Waals surface area contributed by atoms with Crippen LogP contribution in [0.2, 0.25) is 0 Å². The molecule has 0 atom stereocenters. The van der Waals surface area contributed by atoms with E-state index in [0.29, 0.717) is 22.5 Å². The number of oxazole rings is 1. The molecular formula is C19H15FN2O4. The van der Waals surface area contributed by atoms with Gasteiger partial charge >= 0.3 is 5.97 Å². The lowest BCUT2D eigenvalue weighted by molar-refractivity contribution is -0.139. The van der Waals surface area contributed by atoms with Gasteiger partial charge < -0.3 is 14.5 Å². The van der Waals surface area contributed by atoms with Gasteiger partial charge in [0.25, 0.3) is 5.91 Å². The molecule has 0 fully saturated rings. The van der Waals surface area contributed by atoms with Gasteiger partial charge in [-0.25, -0.2) is 9.37 Å². The SMILES string of the molecule is COC(=O)CNC(=O)c1ccccc1-c1ncc(-c2ccc(F)cc2)o1. The van der Waals surface area contributed by atoms with Crippen molar-refractivity contribution < 1.29 is 23.1 Å². The van der Waals surface area contributed by atoms with Crippen LogP contribution in [0.3, 0.4) is 0 Å². The first kappa shape index (κ1) is 17.3. The maximum absolute atomic E-state index is 13.0. The molecule has 132 valence electrons. The van der Waals surface area contributed by atoms with Gasteiger partial charge in [0, 0.05) is 11.1 Å². The third kappa shape index (κ3) is 3.77. The van der Waals surface area contributed by atoms with Crippen molar-refractivity contribution >= 4 is 11.9 Å². The predicted octanol–water partition coefficient (Wildman–Crippen LogP) is 3.05. The number of hydrogen-bond donors (Lipinski definition) is 1. The van der Waals surface area contributed by atoms with Crippen LogP contribution in [0.4, 0.5) is 4.39 Å². The van der Waals surface area contributed by atoms with E-state index < -0.39 is 11.9 Å². The number of halogens is 1. The van der Waals surface area contributed by atoms with E-state index in [1.165, 1.54) is 25.4 Å². The maximum atomic E-state index is 13.0. The number of methoxy groups -OCH3 is 1. The van der Waals surface area contributed by atoms with E-state index in [2.05, 4.69) is 15.0 Å². The summed E-state index contributed by atoms with van der Waals surface area (Å²) in [5.41, 5.74) is 1.45. The lowest BCUT2D eigenvalue weighted by Crippen LogP contribution is -2.30. The van der Waals surface area contributed by atoms with Crippen molar-refractivity contribution in [2.24, 2.45) is 0 Å². The Morgan fingerprint density at radius 1 is 1.15 bits per heavy atom. The van der Waals surface area contributed by atoms with Crippen LogP contribution in [0.25, 0.3) is 22.8 Å². The first-order chi connectivity index (χ1) is 12.6. The summed E-state index contributed by atoms with van der Waals surface area (Å²) in [6, 6.07) is 12.5. The molecule has 0 aliphatic heterocycles. The summed E-state index contributed by atoms with van der Waals surface area (Å²) in [5.74, 6) is -0.655. The van der Waals surface area contributed by atoms with Gasteiger partial charge in [0.2, 0.25) is 5.89 Å². The van der Waals surface area contributed by atoms with Crippen molar-refractivity contribution in [1.29, 1.82) is 0 Å². The molecule has 0 saturated heterocycles. The summed E-state index contributed by atoms with van der Waals surface area (Å²) >= 11 is 0. The monoisotopic (exact) mass is 354 g/mol. The molecule has 1 amide bonds. The van der Waals surface area contributed by atoms with Crippen molar-refractivity contribution in [1.82, 2.24) is 10.3 Å². The summed E-state index contributed by atoms with van der Waals surface area (Å²) in [6.45, 7) is -0.240. The molecule has 0 aliphatic rings. The molecule has 6 nitrogen and oxygen atoms in total. The molecule has 0 bridgehead atoms. The molecule has 0 radical (unpaired) electrons. The van der Waals surface area contributed by atoms with Crippen LogP contribution < -0.4 is 5.32 Å². The second kappa shape index (κ2) is 7.60. The first-order valence-electron chi connectivity index (χ1n) is 7.74. The molecule has 0 unspecified atom stereocenters. The summed E-state index contributed by atoms with van der Waals surface area (Å²) in [4.78, 5) is 27.7. The number of ether oxygens (including phenoxy) is 1. The van der Waals surface area contributed by atoms with Gasteiger partial charge in [-0.05, 0) is 36.4 Å². The molecule has 1 N–H and O–H groups in total. The Morgan fingerprint density at radius 3 is 2.62 bits per heavy atom. The van der Waals surface area contributed by atoms with Crippen LogP contribution >= 0.6 is 0 Å². The van der Waals surface area contributed by atoms with Gasteiger partial charge in [-0.1, -0.05) is 12.1 Å². The number of aromatic nitrogens is 1. The van der Waals surface area contributed by atoms with E-state index in [9.17, 15) is 14.0 Å². The average Bonchev–Trinajstić information content (AvgIpc) is 3.16. The molecule has 1 aromatic heterocycles. The van der Waals surface area contributed by atoms with Crippen LogP contribution in [-0.4, -0.2) is 30.5 Å². The number of hydrogen-bond acceptors (Lipinski definition) is 5. The second-order valence-corrected chi connectivity index (χ2v) is 5.34. The minimum atomic E-state index is -0.550. The van der Waals surface area contributed by atoms with Gasteiger partial charge in [-0.3, -0.25) is 9.59 Å². The van der Waals surface area contributed by atoms with Crippen LogP contribution in [0.5, 0.6) is 0 Å². The highest BCUT2D eigenvalue weighted by molar-refractivity contribution is 6.01.